The summed E-state index contributed by atoms with van der Waals surface area (Å²) in [6.07, 6.45) is -7.74. The second-order valence-corrected chi connectivity index (χ2v) is 17.5. The normalized spacial score (nSPS) is 27.8. The molecule has 0 aliphatic carbocycles. The fraction of sp³-hybridized carbons (Fsp3) is 0.512. The summed E-state index contributed by atoms with van der Waals surface area (Å²) in [5.74, 6) is -19.1. The van der Waals surface area contributed by atoms with Gasteiger partial charge in [-0.1, -0.05) is 6.07 Å². The van der Waals surface area contributed by atoms with E-state index >= 15 is 8.78 Å². The van der Waals surface area contributed by atoms with Crippen molar-refractivity contribution >= 4 is 23.7 Å². The van der Waals surface area contributed by atoms with E-state index in [1.807, 2.05) is 0 Å². The van der Waals surface area contributed by atoms with Crippen LogP contribution in [0.2, 0.25) is 0 Å². The second kappa shape index (κ2) is 14.6. The Kier molecular flexibility index (Phi) is 10.0. The minimum atomic E-state index is -6.87. The van der Waals surface area contributed by atoms with Gasteiger partial charge in [0.25, 0.3) is 0 Å². The Labute approximate surface area is 358 Å². The van der Waals surface area contributed by atoms with E-state index in [1.54, 1.807) is 29.8 Å². The van der Waals surface area contributed by atoms with Gasteiger partial charge < -0.3 is 43.7 Å². The molecule has 4 N–H and O–H groups in total. The first-order valence-corrected chi connectivity index (χ1v) is 20.7. The van der Waals surface area contributed by atoms with Gasteiger partial charge in [0, 0.05) is 40.6 Å². The molecule has 0 radical (unpaired) electrons. The molecule has 7 atom stereocenters. The average molecular weight is 916 g/mol. The Hall–Kier alpha value is -4.90. The number of rotatable bonds is 5. The van der Waals surface area contributed by atoms with E-state index in [-0.39, 0.29) is 69.9 Å². The quantitative estimate of drug-likeness (QED) is 0.149. The lowest BCUT2D eigenvalue weighted by Gasteiger charge is -2.62. The number of ether oxygens (including phenoxy) is 6. The number of aryl methyl sites for hydroxylation is 1. The number of alkyl halides is 7. The van der Waals surface area contributed by atoms with E-state index in [2.05, 4.69) is 5.32 Å². The number of fused-ring (bicyclic) bond motifs is 9. The van der Waals surface area contributed by atoms with E-state index in [9.17, 15) is 46.9 Å². The van der Waals surface area contributed by atoms with Crippen molar-refractivity contribution in [1.82, 2.24) is 15.1 Å². The molecular formula is C41H40F7N3O11S. The molecule has 3 aromatic rings. The van der Waals surface area contributed by atoms with Crippen LogP contribution in [0.3, 0.4) is 0 Å². The Bertz CT molecular complexity index is 2460. The molecule has 7 aliphatic heterocycles. The van der Waals surface area contributed by atoms with Gasteiger partial charge in [0.05, 0.1) is 37.6 Å². The largest absolute Gasteiger partial charge is 0.504 e. The number of phenols is 2. The summed E-state index contributed by atoms with van der Waals surface area (Å²) in [5.41, 5.74) is 0.218. The first-order chi connectivity index (χ1) is 29.6. The molecule has 0 amide bonds. The minimum Gasteiger partial charge on any atom is -0.504 e. The summed E-state index contributed by atoms with van der Waals surface area (Å²) in [4.78, 5) is 31.4. The molecular weight excluding hydrogens is 876 g/mol. The Morgan fingerprint density at radius 1 is 0.952 bits per heavy atom. The molecule has 22 heteroatoms. The number of nitrogens with one attached hydrogen (secondary N) is 1. The van der Waals surface area contributed by atoms with Crippen molar-refractivity contribution in [2.75, 3.05) is 47.0 Å². The van der Waals surface area contributed by atoms with Crippen LogP contribution in [-0.2, 0) is 32.7 Å². The monoisotopic (exact) mass is 915 g/mol. The number of carbonyl (C=O) groups is 2. The first kappa shape index (κ1) is 43.4. The highest BCUT2D eigenvalue weighted by Crippen LogP contribution is 2.65. The van der Waals surface area contributed by atoms with Crippen LogP contribution in [0.1, 0.15) is 61.8 Å². The van der Waals surface area contributed by atoms with Gasteiger partial charge in [-0.15, -0.1) is 11.8 Å². The van der Waals surface area contributed by atoms with Crippen LogP contribution < -0.4 is 29.0 Å². The zero-order valence-electron chi connectivity index (χ0n) is 34.0. The fourth-order valence-corrected chi connectivity index (χ4v) is 12.0. The van der Waals surface area contributed by atoms with Crippen molar-refractivity contribution in [3.63, 3.8) is 0 Å². The highest BCUT2D eigenvalue weighted by atomic mass is 32.2. The number of carbonyl (C=O) groups excluding carboxylic acids is 2. The summed E-state index contributed by atoms with van der Waals surface area (Å²) >= 11 is 0.969. The van der Waals surface area contributed by atoms with Crippen molar-refractivity contribution < 1.29 is 84.1 Å². The maximum atomic E-state index is 15.2. The molecule has 10 rings (SSSR count). The number of thioether (sulfide) groups is 1. The number of hydrogen-bond acceptors (Lipinski definition) is 15. The number of esters is 2. The Morgan fingerprint density at radius 2 is 1.67 bits per heavy atom. The minimum absolute atomic E-state index is 0.0143. The predicted octanol–water partition coefficient (Wildman–Crippen LogP) is 5.23. The summed E-state index contributed by atoms with van der Waals surface area (Å²) in [6.45, 7) is 2.00. The highest BCUT2D eigenvalue weighted by Gasteiger charge is 2.77. The van der Waals surface area contributed by atoms with Crippen molar-refractivity contribution in [1.29, 1.82) is 0 Å². The first-order valence-electron chi connectivity index (χ1n) is 19.6. The molecule has 2 saturated heterocycles. The average Bonchev–Trinajstić information content (AvgIpc) is 3.72. The third-order valence-corrected chi connectivity index (χ3v) is 14.7. The SMILES string of the molecule is COc1cc2c(cc1O)CCN[C@]21CS[C@@H]2c3c(OC(=O)C(F)(F)C(F)(F)C(F)(F)F)c(C)c4c(c3[C@@H](COC1=O)N1C2[C@H]2c3c(cc(C)c(OC)c3O)C[C@H]([C@@H]1O)N2C)OCO4. The summed E-state index contributed by atoms with van der Waals surface area (Å²) in [7, 11) is 4.36. The highest BCUT2D eigenvalue weighted by molar-refractivity contribution is 7.99. The Balaban J connectivity index is 1.32. The van der Waals surface area contributed by atoms with Crippen LogP contribution in [0.4, 0.5) is 30.7 Å². The molecule has 0 saturated carbocycles. The standard InChI is InChI=1S/C41H40F7N3O11S/c1-15-8-18-9-20-35(54)51-21-12-59-36(55)38(19-11-23(57-4)22(52)10-17(19)6-7-49-38)13-63-34(28(51)27(50(20)3)24(18)29(53)30(15)58-5)26-25(21)33-32(60-14-61-33)16(2)31(26)62-37(56)39(42,43)40(44,45)41(46,47)48/h8,10-11,20-21,27-28,34-35,49,52-54H,6-7,9,12-14H2,1-5H3/t20-,21-,27-,28?,34-,35+,38-/m1/s1. The topological polar surface area (TPSA) is 169 Å². The number of halogens is 7. The number of aliphatic hydroxyl groups excluding tert-OH is 1. The number of methoxy groups -OCH3 is 2. The third kappa shape index (κ3) is 5.92. The maximum absolute atomic E-state index is 15.2. The molecule has 4 bridgehead atoms. The fourth-order valence-electron chi connectivity index (χ4n) is 10.3. The molecule has 3 aromatic carbocycles. The lowest BCUT2D eigenvalue weighted by molar-refractivity contribution is -0.346. The van der Waals surface area contributed by atoms with Crippen LogP contribution in [0.15, 0.2) is 18.2 Å². The summed E-state index contributed by atoms with van der Waals surface area (Å²) < 4.78 is 134. The second-order valence-electron chi connectivity index (χ2n) is 16.4. The molecule has 7 aliphatic rings. The number of hydrogen-bond donors (Lipinski definition) is 4. The summed E-state index contributed by atoms with van der Waals surface area (Å²) in [6, 6.07) is 0.602. The molecule has 340 valence electrons. The summed E-state index contributed by atoms with van der Waals surface area (Å²) in [5, 5.41) is 37.2. The van der Waals surface area contributed by atoms with E-state index in [0.717, 1.165) is 11.8 Å². The van der Waals surface area contributed by atoms with Crippen LogP contribution >= 0.6 is 11.8 Å². The molecule has 0 aromatic heterocycles. The number of phenolic OH excluding ortho intramolecular Hbond substituents is 2. The molecule has 1 unspecified atom stereocenters. The molecule has 7 heterocycles. The molecule has 14 nitrogen and oxygen atoms in total. The van der Waals surface area contributed by atoms with Gasteiger partial charge in [-0.25, -0.2) is 9.59 Å². The van der Waals surface area contributed by atoms with Crippen molar-refractivity contribution in [3.05, 3.63) is 62.7 Å². The van der Waals surface area contributed by atoms with Gasteiger partial charge >= 0.3 is 30.0 Å². The number of likely N-dealkylation sites (N-methyl/N-ethyl adjacent to an activating group) is 1. The number of aliphatic hydroxyl groups is 1. The van der Waals surface area contributed by atoms with Gasteiger partial charge in [0.1, 0.15) is 18.6 Å². The number of aromatic hydroxyl groups is 2. The van der Waals surface area contributed by atoms with Gasteiger partial charge in [0.15, 0.2) is 40.0 Å². The van der Waals surface area contributed by atoms with Crippen LogP contribution in [-0.4, -0.2) is 120 Å². The van der Waals surface area contributed by atoms with Crippen LogP contribution in [0, 0.1) is 13.8 Å². The Morgan fingerprint density at radius 3 is 2.35 bits per heavy atom. The molecule has 1 spiro atoms. The zero-order chi connectivity index (χ0) is 45.5. The molecule has 63 heavy (non-hydrogen) atoms. The van der Waals surface area contributed by atoms with Gasteiger partial charge in [-0.05, 0) is 68.1 Å². The van der Waals surface area contributed by atoms with E-state index in [1.165, 1.54) is 33.3 Å². The van der Waals surface area contributed by atoms with E-state index in [0.29, 0.717) is 34.2 Å². The number of piperazine rings is 1. The number of nitrogens with zero attached hydrogens (tertiary/aromatic N) is 2. The molecule has 2 fully saturated rings. The predicted molar refractivity (Wildman–Crippen MR) is 205 cm³/mol. The van der Waals surface area contributed by atoms with Crippen molar-refractivity contribution in [2.45, 2.75) is 85.9 Å². The van der Waals surface area contributed by atoms with Crippen molar-refractivity contribution in [2.24, 2.45) is 0 Å². The van der Waals surface area contributed by atoms with E-state index < -0.39 is 90.3 Å². The zero-order valence-corrected chi connectivity index (χ0v) is 34.8. The lowest BCUT2D eigenvalue weighted by atomic mass is 9.73. The van der Waals surface area contributed by atoms with Crippen molar-refractivity contribution in [3.8, 4) is 40.2 Å². The van der Waals surface area contributed by atoms with Gasteiger partial charge in [-0.3, -0.25) is 15.1 Å². The van der Waals surface area contributed by atoms with Gasteiger partial charge in [0.2, 0.25) is 6.79 Å². The van der Waals surface area contributed by atoms with Crippen LogP contribution in [0.5, 0.6) is 40.2 Å². The maximum Gasteiger partial charge on any atom is 0.460 e. The third-order valence-electron chi connectivity index (χ3n) is 13.2. The smallest absolute Gasteiger partial charge is 0.460 e. The van der Waals surface area contributed by atoms with E-state index in [4.69, 9.17) is 28.4 Å². The number of benzene rings is 3. The van der Waals surface area contributed by atoms with Crippen LogP contribution in [0.25, 0.3) is 0 Å². The lowest BCUT2D eigenvalue weighted by Crippen LogP contribution is -2.70. The van der Waals surface area contributed by atoms with Gasteiger partial charge in [-0.2, -0.15) is 30.7 Å².